The van der Waals surface area contributed by atoms with Crippen molar-refractivity contribution in [3.05, 3.63) is 16.1 Å². The lowest BCUT2D eigenvalue weighted by Gasteiger charge is -2.09. The van der Waals surface area contributed by atoms with Crippen LogP contribution in [0.4, 0.5) is 4.79 Å². The maximum atomic E-state index is 11.3. The molecule has 100 valence electrons. The summed E-state index contributed by atoms with van der Waals surface area (Å²) >= 11 is 1.56. The Hall–Kier alpha value is -1.63. The van der Waals surface area contributed by atoms with E-state index in [0.717, 1.165) is 10.7 Å². The first-order valence-electron chi connectivity index (χ1n) is 5.64. The lowest BCUT2D eigenvalue weighted by molar-refractivity contribution is -0.140. The molecule has 0 aromatic carbocycles. The molecule has 0 bridgehead atoms. The minimum atomic E-state index is -0.923. The number of nitrogens with zero attached hydrogens (tertiary/aromatic N) is 1. The molecule has 0 aliphatic carbocycles. The molecule has 1 rings (SSSR count). The zero-order valence-electron chi connectivity index (χ0n) is 10.4. The fourth-order valence-electron chi connectivity index (χ4n) is 1.20. The third-order valence-corrected chi connectivity index (χ3v) is 3.31. The van der Waals surface area contributed by atoms with Crippen LogP contribution in [-0.2, 0) is 11.2 Å². The number of nitrogens with one attached hydrogen (secondary N) is 2. The molecule has 0 saturated carbocycles. The second-order valence-electron chi connectivity index (χ2n) is 4.01. The van der Waals surface area contributed by atoms with Crippen LogP contribution in [0, 0.1) is 12.8 Å². The number of hydrogen-bond donors (Lipinski definition) is 3. The van der Waals surface area contributed by atoms with E-state index < -0.39 is 11.9 Å². The Bertz CT molecular complexity index is 419. The minimum Gasteiger partial charge on any atom is -0.481 e. The Kier molecular flexibility index (Phi) is 5.57. The maximum absolute atomic E-state index is 11.3. The van der Waals surface area contributed by atoms with Crippen molar-refractivity contribution in [2.75, 3.05) is 13.1 Å². The third kappa shape index (κ3) is 5.13. The number of aryl methyl sites for hydroxylation is 1. The summed E-state index contributed by atoms with van der Waals surface area (Å²) in [4.78, 5) is 26.1. The molecule has 1 aromatic heterocycles. The van der Waals surface area contributed by atoms with Crippen LogP contribution < -0.4 is 10.6 Å². The van der Waals surface area contributed by atoms with E-state index in [4.69, 9.17) is 5.11 Å². The Balaban J connectivity index is 2.15. The smallest absolute Gasteiger partial charge is 0.314 e. The molecule has 1 unspecified atom stereocenters. The van der Waals surface area contributed by atoms with Crippen molar-refractivity contribution in [3.8, 4) is 0 Å². The predicted octanol–water partition coefficient (Wildman–Crippen LogP) is 1.01. The lowest BCUT2D eigenvalue weighted by atomic mass is 10.2. The van der Waals surface area contributed by atoms with Crippen molar-refractivity contribution in [3.63, 3.8) is 0 Å². The Morgan fingerprint density at radius 2 is 2.22 bits per heavy atom. The van der Waals surface area contributed by atoms with Gasteiger partial charge in [0.25, 0.3) is 0 Å². The summed E-state index contributed by atoms with van der Waals surface area (Å²) in [5.74, 6) is -1.51. The van der Waals surface area contributed by atoms with Gasteiger partial charge in [0.2, 0.25) is 0 Å². The number of aliphatic carboxylic acids is 1. The van der Waals surface area contributed by atoms with E-state index in [1.807, 2.05) is 12.3 Å². The minimum absolute atomic E-state index is 0.123. The summed E-state index contributed by atoms with van der Waals surface area (Å²) in [6.07, 6.45) is 0.681. The van der Waals surface area contributed by atoms with Crippen molar-refractivity contribution in [1.82, 2.24) is 15.6 Å². The summed E-state index contributed by atoms with van der Waals surface area (Å²) in [6.45, 7) is 4.08. The summed E-state index contributed by atoms with van der Waals surface area (Å²) in [5.41, 5.74) is 0.981. The average molecular weight is 271 g/mol. The number of amides is 2. The van der Waals surface area contributed by atoms with E-state index in [0.29, 0.717) is 13.0 Å². The zero-order chi connectivity index (χ0) is 13.5. The molecule has 0 aliphatic rings. The first-order valence-corrected chi connectivity index (χ1v) is 6.52. The first kappa shape index (κ1) is 14.4. The summed E-state index contributed by atoms with van der Waals surface area (Å²) < 4.78 is 0. The Labute approximate surface area is 109 Å². The number of rotatable bonds is 6. The zero-order valence-corrected chi connectivity index (χ0v) is 11.2. The molecular formula is C11H17N3O3S. The van der Waals surface area contributed by atoms with E-state index >= 15 is 0 Å². The number of urea groups is 1. The molecule has 3 N–H and O–H groups in total. The molecule has 0 fully saturated rings. The highest BCUT2D eigenvalue weighted by Crippen LogP contribution is 2.08. The van der Waals surface area contributed by atoms with Crippen LogP contribution >= 0.6 is 11.3 Å². The van der Waals surface area contributed by atoms with Crippen molar-refractivity contribution in [2.45, 2.75) is 20.3 Å². The van der Waals surface area contributed by atoms with Crippen LogP contribution in [0.15, 0.2) is 5.38 Å². The van der Waals surface area contributed by atoms with Crippen LogP contribution in [0.1, 0.15) is 17.6 Å². The van der Waals surface area contributed by atoms with Crippen LogP contribution in [0.3, 0.4) is 0 Å². The average Bonchev–Trinajstić information content (AvgIpc) is 2.71. The van der Waals surface area contributed by atoms with Crippen LogP contribution in [0.25, 0.3) is 0 Å². The quantitative estimate of drug-likeness (QED) is 0.720. The van der Waals surface area contributed by atoms with Gasteiger partial charge in [0, 0.05) is 30.6 Å². The fraction of sp³-hybridized carbons (Fsp3) is 0.545. The Morgan fingerprint density at radius 1 is 1.50 bits per heavy atom. The van der Waals surface area contributed by atoms with Crippen molar-refractivity contribution in [1.29, 1.82) is 0 Å². The lowest BCUT2D eigenvalue weighted by Crippen LogP contribution is -2.39. The van der Waals surface area contributed by atoms with Gasteiger partial charge in [-0.25, -0.2) is 9.78 Å². The number of carbonyl (C=O) groups excluding carboxylic acids is 1. The molecule has 1 heterocycles. The second kappa shape index (κ2) is 6.95. The predicted molar refractivity (Wildman–Crippen MR) is 68.8 cm³/mol. The molecular weight excluding hydrogens is 254 g/mol. The molecule has 6 nitrogen and oxygen atoms in total. The highest BCUT2D eigenvalue weighted by Gasteiger charge is 2.11. The van der Waals surface area contributed by atoms with Gasteiger partial charge >= 0.3 is 12.0 Å². The van der Waals surface area contributed by atoms with Crippen LogP contribution in [0.5, 0.6) is 0 Å². The van der Waals surface area contributed by atoms with Gasteiger partial charge in [-0.1, -0.05) is 6.92 Å². The standard InChI is InChI=1S/C11H17N3O3S/c1-7(10(15)16)5-13-11(17)12-4-3-9-14-8(2)6-18-9/h6-7H,3-5H2,1-2H3,(H,15,16)(H2,12,13,17). The van der Waals surface area contributed by atoms with Gasteiger partial charge in [0.15, 0.2) is 0 Å². The van der Waals surface area contributed by atoms with Gasteiger partial charge in [0.05, 0.1) is 10.9 Å². The normalized spacial score (nSPS) is 11.9. The van der Waals surface area contributed by atoms with Crippen molar-refractivity contribution in [2.24, 2.45) is 5.92 Å². The van der Waals surface area contributed by atoms with Crippen LogP contribution in [-0.4, -0.2) is 35.2 Å². The molecule has 18 heavy (non-hydrogen) atoms. The summed E-state index contributed by atoms with van der Waals surface area (Å²) in [5, 5.41) is 16.7. The number of aromatic nitrogens is 1. The highest BCUT2D eigenvalue weighted by atomic mass is 32.1. The topological polar surface area (TPSA) is 91.3 Å². The summed E-state index contributed by atoms with van der Waals surface area (Å²) in [7, 11) is 0. The molecule has 2 amide bonds. The van der Waals surface area contributed by atoms with Gasteiger partial charge in [0.1, 0.15) is 0 Å². The Morgan fingerprint density at radius 3 is 2.78 bits per heavy atom. The van der Waals surface area contributed by atoms with Crippen molar-refractivity contribution < 1.29 is 14.7 Å². The van der Waals surface area contributed by atoms with Gasteiger partial charge in [-0.3, -0.25) is 4.79 Å². The number of carboxylic acids is 1. The third-order valence-electron chi connectivity index (χ3n) is 2.28. The van der Waals surface area contributed by atoms with E-state index in [2.05, 4.69) is 15.6 Å². The second-order valence-corrected chi connectivity index (χ2v) is 4.95. The monoisotopic (exact) mass is 271 g/mol. The van der Waals surface area contributed by atoms with Crippen molar-refractivity contribution >= 4 is 23.3 Å². The van der Waals surface area contributed by atoms with Gasteiger partial charge in [-0.15, -0.1) is 11.3 Å². The molecule has 0 saturated heterocycles. The molecule has 0 radical (unpaired) electrons. The van der Waals surface area contributed by atoms with E-state index in [1.165, 1.54) is 0 Å². The van der Waals surface area contributed by atoms with Crippen LogP contribution in [0.2, 0.25) is 0 Å². The number of carboxylic acid groups (broad SMARTS) is 1. The highest BCUT2D eigenvalue weighted by molar-refractivity contribution is 7.09. The summed E-state index contributed by atoms with van der Waals surface area (Å²) in [6, 6.07) is -0.351. The number of carbonyl (C=O) groups is 2. The molecule has 1 atom stereocenters. The van der Waals surface area contributed by atoms with Gasteiger partial charge in [-0.05, 0) is 6.92 Å². The molecule has 0 spiro atoms. The van der Waals surface area contributed by atoms with Gasteiger partial charge < -0.3 is 15.7 Å². The van der Waals surface area contributed by atoms with E-state index in [1.54, 1.807) is 18.3 Å². The largest absolute Gasteiger partial charge is 0.481 e. The maximum Gasteiger partial charge on any atom is 0.314 e. The molecule has 7 heteroatoms. The molecule has 1 aromatic rings. The van der Waals surface area contributed by atoms with E-state index in [-0.39, 0.29) is 12.6 Å². The number of hydrogen-bond acceptors (Lipinski definition) is 4. The first-order chi connectivity index (χ1) is 8.49. The number of thiazole rings is 1. The SMILES string of the molecule is Cc1csc(CCNC(=O)NCC(C)C(=O)O)n1. The molecule has 0 aliphatic heterocycles. The van der Waals surface area contributed by atoms with Gasteiger partial charge in [-0.2, -0.15) is 0 Å². The van der Waals surface area contributed by atoms with E-state index in [9.17, 15) is 9.59 Å². The fourth-order valence-corrected chi connectivity index (χ4v) is 1.97.